The molecule has 1 saturated heterocycles. The van der Waals surface area contributed by atoms with Crippen molar-refractivity contribution < 1.29 is 50.2 Å². The number of benzene rings is 3. The number of hydrogen-bond acceptors (Lipinski definition) is 11. The summed E-state index contributed by atoms with van der Waals surface area (Å²) < 4.78 is 43.9. The van der Waals surface area contributed by atoms with E-state index in [1.54, 1.807) is 19.7 Å². The molecule has 3 aromatic rings. The third-order valence-electron chi connectivity index (χ3n) is 10.4. The van der Waals surface area contributed by atoms with Gasteiger partial charge in [-0.15, -0.1) is 6.58 Å². The molecular formula is C41H58O11Si4. The Morgan fingerprint density at radius 3 is 1.88 bits per heavy atom. The summed E-state index contributed by atoms with van der Waals surface area (Å²) in [5, 5.41) is 12.7. The van der Waals surface area contributed by atoms with E-state index in [9.17, 15) is 19.5 Å². The first-order chi connectivity index (χ1) is 26.5. The molecule has 1 aliphatic rings. The molecule has 1 fully saturated rings. The molecule has 0 bridgehead atoms. The molecule has 0 aromatic heterocycles. The molecule has 1 N–H and O–H groups in total. The molecule has 0 radical (unpaired) electrons. The third-order valence-corrected chi connectivity index (χ3v) is 25.8. The largest absolute Gasteiger partial charge is 0.465 e. The average Bonchev–Trinajstić information content (AvgIpc) is 3.44. The van der Waals surface area contributed by atoms with Gasteiger partial charge >= 0.3 is 52.2 Å². The van der Waals surface area contributed by atoms with Crippen LogP contribution in [0.2, 0.25) is 25.7 Å². The molecule has 0 aliphatic carbocycles. The number of cyclic esters (lactones) is 2. The number of aliphatic hydroxyl groups is 1. The van der Waals surface area contributed by atoms with Crippen molar-refractivity contribution in [2.24, 2.45) is 17.3 Å². The maximum Gasteiger partial charge on any atom is 0.389 e. The van der Waals surface area contributed by atoms with E-state index >= 15 is 0 Å². The van der Waals surface area contributed by atoms with Gasteiger partial charge in [-0.3, -0.25) is 14.4 Å². The van der Waals surface area contributed by atoms with Crippen LogP contribution < -0.4 is 10.4 Å². The topological polar surface area (TPSA) is 136 Å². The van der Waals surface area contributed by atoms with Crippen LogP contribution in [-0.4, -0.2) is 84.3 Å². The van der Waals surface area contributed by atoms with E-state index in [-0.39, 0.29) is 18.8 Å². The normalized spacial score (nSPS) is 19.1. The number of aliphatic hydroxyl groups excluding tert-OH is 1. The lowest BCUT2D eigenvalue weighted by Crippen LogP contribution is -2.73. The van der Waals surface area contributed by atoms with E-state index in [4.69, 9.17) is 30.7 Å². The van der Waals surface area contributed by atoms with Gasteiger partial charge in [0.05, 0.1) is 30.1 Å². The van der Waals surface area contributed by atoms with E-state index in [0.717, 1.165) is 15.9 Å². The van der Waals surface area contributed by atoms with Crippen molar-refractivity contribution in [2.75, 3.05) is 27.1 Å². The van der Waals surface area contributed by atoms with Crippen LogP contribution >= 0.6 is 0 Å². The fourth-order valence-electron chi connectivity index (χ4n) is 7.10. The van der Waals surface area contributed by atoms with E-state index in [0.29, 0.717) is 25.3 Å². The van der Waals surface area contributed by atoms with Gasteiger partial charge in [-0.2, -0.15) is 0 Å². The Balaban J connectivity index is 1.55. The van der Waals surface area contributed by atoms with Crippen molar-refractivity contribution in [1.82, 2.24) is 0 Å². The van der Waals surface area contributed by atoms with Crippen molar-refractivity contribution in [2.45, 2.75) is 71.6 Å². The lowest BCUT2D eigenvalue weighted by Gasteiger charge is -2.44. The van der Waals surface area contributed by atoms with Gasteiger partial charge in [0, 0.05) is 14.2 Å². The summed E-state index contributed by atoms with van der Waals surface area (Å²) in [6.07, 6.45) is 0.734. The number of ether oxygens (including phenoxy) is 2. The molecule has 0 spiro atoms. The summed E-state index contributed by atoms with van der Waals surface area (Å²) in [4.78, 5) is 38.5. The zero-order chi connectivity index (χ0) is 41.2. The van der Waals surface area contributed by atoms with E-state index in [2.05, 4.69) is 6.58 Å². The molecule has 5 atom stereocenters. The van der Waals surface area contributed by atoms with Crippen LogP contribution in [0.1, 0.15) is 51.5 Å². The minimum Gasteiger partial charge on any atom is -0.465 e. The zero-order valence-corrected chi connectivity index (χ0v) is 37.9. The molecule has 304 valence electrons. The standard InChI is InChI=1S/C41H58O11Si4/c1-10-54(9,46-5)50-53(7,8)51-56(35-23-16-12-17-24-35,36-25-18-13-19-26-36)52-55(31-42,47-6)28-20-27-48-40(45)41(3,4)30-34(33-21-14-11-15-22-33)29-37-32(2)38(43)49-39(37)44/h10-19,21-26,32,34,37,42H,1,20,27-31H2,2-9H3. The summed E-state index contributed by atoms with van der Waals surface area (Å²) in [5.41, 5.74) is 1.75. The van der Waals surface area contributed by atoms with Crippen LogP contribution in [0.15, 0.2) is 103 Å². The Kier molecular flexibility index (Phi) is 15.7. The minimum atomic E-state index is -3.69. The molecule has 0 amide bonds. The van der Waals surface area contributed by atoms with Crippen molar-refractivity contribution in [3.63, 3.8) is 0 Å². The monoisotopic (exact) mass is 838 g/mol. The second-order valence-electron chi connectivity index (χ2n) is 15.6. The maximum atomic E-state index is 13.7. The average molecular weight is 839 g/mol. The Hall–Kier alpha value is -3.36. The molecule has 4 rings (SSSR count). The quantitative estimate of drug-likeness (QED) is 0.0560. The van der Waals surface area contributed by atoms with Gasteiger partial charge in [-0.25, -0.2) is 0 Å². The summed E-state index contributed by atoms with van der Waals surface area (Å²) in [5.74, 6) is -2.80. The number of carbonyl (C=O) groups excluding carboxylic acids is 3. The summed E-state index contributed by atoms with van der Waals surface area (Å²) >= 11 is 0. The highest BCUT2D eigenvalue weighted by atomic mass is 28.5. The van der Waals surface area contributed by atoms with Crippen LogP contribution in [-0.2, 0) is 45.1 Å². The van der Waals surface area contributed by atoms with Crippen molar-refractivity contribution in [1.29, 1.82) is 0 Å². The SMILES string of the molecule is C=C[Si](C)(OC)O[Si](C)(C)O[Si](O[Si](CO)(CCCOC(=O)C(C)(C)CC(CC1C(=O)OC(=O)C1C)c1ccccc1)OC)(c1ccccc1)c1ccccc1. The smallest absolute Gasteiger partial charge is 0.389 e. The zero-order valence-electron chi connectivity index (χ0n) is 33.9. The third kappa shape index (κ3) is 11.2. The van der Waals surface area contributed by atoms with Gasteiger partial charge in [-0.05, 0) is 80.6 Å². The second kappa shape index (κ2) is 19.4. The molecule has 15 heteroatoms. The van der Waals surface area contributed by atoms with Crippen molar-refractivity contribution in [3.8, 4) is 0 Å². The highest BCUT2D eigenvalue weighted by Gasteiger charge is 2.55. The van der Waals surface area contributed by atoms with Gasteiger partial charge < -0.3 is 35.8 Å². The van der Waals surface area contributed by atoms with E-state index in [1.807, 2.05) is 124 Å². The Labute approximate surface area is 336 Å². The molecule has 11 nitrogen and oxygen atoms in total. The van der Waals surface area contributed by atoms with Crippen molar-refractivity contribution >= 4 is 62.5 Å². The van der Waals surface area contributed by atoms with Gasteiger partial charge in [-0.1, -0.05) is 104 Å². The first-order valence-corrected chi connectivity index (χ1v) is 28.3. The van der Waals surface area contributed by atoms with Crippen LogP contribution in [0.5, 0.6) is 0 Å². The van der Waals surface area contributed by atoms with Crippen LogP contribution in [0, 0.1) is 17.3 Å². The summed E-state index contributed by atoms with van der Waals surface area (Å²) in [7, 11) is -9.90. The predicted molar refractivity (Wildman–Crippen MR) is 224 cm³/mol. The minimum absolute atomic E-state index is 0.0623. The lowest BCUT2D eigenvalue weighted by molar-refractivity contribution is -0.155. The lowest BCUT2D eigenvalue weighted by atomic mass is 9.75. The Bertz CT molecular complexity index is 1720. The van der Waals surface area contributed by atoms with Crippen LogP contribution in [0.3, 0.4) is 0 Å². The fourth-order valence-corrected chi connectivity index (χ4v) is 23.4. The van der Waals surface area contributed by atoms with Gasteiger partial charge in [0.15, 0.2) is 0 Å². The second-order valence-corrected chi connectivity index (χ2v) is 29.1. The molecule has 3 aromatic carbocycles. The van der Waals surface area contributed by atoms with E-state index in [1.165, 1.54) is 7.11 Å². The number of carbonyl (C=O) groups is 3. The molecule has 0 saturated carbocycles. The molecule has 1 aliphatic heterocycles. The van der Waals surface area contributed by atoms with Gasteiger partial charge in [0.2, 0.25) is 0 Å². The summed E-state index contributed by atoms with van der Waals surface area (Å²) in [6.45, 7) is 15.2. The number of rotatable bonds is 22. The van der Waals surface area contributed by atoms with Gasteiger partial charge in [0.25, 0.3) is 0 Å². The van der Waals surface area contributed by atoms with Crippen LogP contribution in [0.25, 0.3) is 0 Å². The highest BCUT2D eigenvalue weighted by Crippen LogP contribution is 2.40. The highest BCUT2D eigenvalue weighted by molar-refractivity contribution is 7.02. The fraction of sp³-hybridized carbons (Fsp3) is 0.439. The Morgan fingerprint density at radius 1 is 0.857 bits per heavy atom. The first kappa shape index (κ1) is 45.3. The summed E-state index contributed by atoms with van der Waals surface area (Å²) in [6, 6.07) is 29.4. The van der Waals surface area contributed by atoms with E-state index < -0.39 is 69.4 Å². The molecule has 1 heterocycles. The maximum absolute atomic E-state index is 13.7. The number of esters is 3. The first-order valence-electron chi connectivity index (χ1n) is 19.0. The van der Waals surface area contributed by atoms with Gasteiger partial charge in [0.1, 0.15) is 0 Å². The molecular weight excluding hydrogens is 781 g/mol. The Morgan fingerprint density at radius 2 is 1.41 bits per heavy atom. The predicted octanol–water partition coefficient (Wildman–Crippen LogP) is 5.92. The number of hydrogen-bond donors (Lipinski definition) is 1. The van der Waals surface area contributed by atoms with Crippen LogP contribution in [0.4, 0.5) is 0 Å². The van der Waals surface area contributed by atoms with Crippen molar-refractivity contribution in [3.05, 3.63) is 109 Å². The molecule has 56 heavy (non-hydrogen) atoms. The molecule has 5 unspecified atom stereocenters.